The van der Waals surface area contributed by atoms with Crippen molar-refractivity contribution in [3.8, 4) is 0 Å². The molecule has 4 nitrogen and oxygen atoms in total. The molecule has 110 valence electrons. The van der Waals surface area contributed by atoms with Gasteiger partial charge in [0.25, 0.3) is 0 Å². The maximum atomic E-state index is 12.3. The summed E-state index contributed by atoms with van der Waals surface area (Å²) in [5.74, 6) is 1.38. The first-order valence-corrected chi connectivity index (χ1v) is 7.62. The number of carbonyl (C=O) groups is 1. The van der Waals surface area contributed by atoms with E-state index in [0.717, 1.165) is 38.4 Å². The van der Waals surface area contributed by atoms with Crippen molar-refractivity contribution >= 4 is 6.09 Å². The van der Waals surface area contributed by atoms with Crippen LogP contribution in [0.4, 0.5) is 4.79 Å². The molecule has 2 saturated heterocycles. The fourth-order valence-electron chi connectivity index (χ4n) is 3.52. The zero-order valence-electron chi connectivity index (χ0n) is 12.7. The van der Waals surface area contributed by atoms with Gasteiger partial charge in [0.1, 0.15) is 5.60 Å². The quantitative estimate of drug-likeness (QED) is 0.795. The van der Waals surface area contributed by atoms with Gasteiger partial charge in [-0.3, -0.25) is 0 Å². The fraction of sp³-hybridized carbons (Fsp3) is 0.933. The van der Waals surface area contributed by atoms with Crippen LogP contribution in [0.15, 0.2) is 0 Å². The summed E-state index contributed by atoms with van der Waals surface area (Å²) >= 11 is 0. The second-order valence-corrected chi connectivity index (χ2v) is 6.85. The second kappa shape index (κ2) is 5.70. The maximum absolute atomic E-state index is 12.3. The standard InChI is InChI=1S/C15H28N2O2/c1-5-13-12-10-16-8-6-11(12)7-9-17(13)14(18)19-15(2,3)4/h11-13,16H,5-10H2,1-4H3. The van der Waals surface area contributed by atoms with E-state index in [1.807, 2.05) is 25.7 Å². The summed E-state index contributed by atoms with van der Waals surface area (Å²) in [6.07, 6.45) is 3.26. The highest BCUT2D eigenvalue weighted by atomic mass is 16.6. The fourth-order valence-corrected chi connectivity index (χ4v) is 3.52. The van der Waals surface area contributed by atoms with Crippen molar-refractivity contribution in [2.24, 2.45) is 11.8 Å². The summed E-state index contributed by atoms with van der Waals surface area (Å²) in [6.45, 7) is 11.0. The Morgan fingerprint density at radius 1 is 1.37 bits per heavy atom. The number of hydrogen-bond donors (Lipinski definition) is 1. The van der Waals surface area contributed by atoms with Gasteiger partial charge in [-0.2, -0.15) is 0 Å². The maximum Gasteiger partial charge on any atom is 0.410 e. The number of ether oxygens (including phenoxy) is 1. The van der Waals surface area contributed by atoms with Gasteiger partial charge in [0.2, 0.25) is 0 Å². The highest BCUT2D eigenvalue weighted by Crippen LogP contribution is 2.35. The summed E-state index contributed by atoms with van der Waals surface area (Å²) in [4.78, 5) is 14.3. The highest BCUT2D eigenvalue weighted by molar-refractivity contribution is 5.68. The minimum absolute atomic E-state index is 0.136. The van der Waals surface area contributed by atoms with Crippen molar-refractivity contribution in [3.63, 3.8) is 0 Å². The minimum Gasteiger partial charge on any atom is -0.444 e. The van der Waals surface area contributed by atoms with Crippen LogP contribution in [0.5, 0.6) is 0 Å². The first-order chi connectivity index (χ1) is 8.92. The van der Waals surface area contributed by atoms with Crippen LogP contribution in [0.1, 0.15) is 47.0 Å². The van der Waals surface area contributed by atoms with Gasteiger partial charge in [0, 0.05) is 19.1 Å². The van der Waals surface area contributed by atoms with Crippen LogP contribution in [-0.4, -0.2) is 42.3 Å². The van der Waals surface area contributed by atoms with E-state index >= 15 is 0 Å². The van der Waals surface area contributed by atoms with Gasteiger partial charge in [0.05, 0.1) is 0 Å². The van der Waals surface area contributed by atoms with Crippen molar-refractivity contribution in [2.45, 2.75) is 58.6 Å². The average molecular weight is 268 g/mol. The van der Waals surface area contributed by atoms with Gasteiger partial charge in [0.15, 0.2) is 0 Å². The molecule has 0 aromatic heterocycles. The zero-order chi connectivity index (χ0) is 14.0. The molecule has 2 fully saturated rings. The van der Waals surface area contributed by atoms with E-state index in [-0.39, 0.29) is 6.09 Å². The van der Waals surface area contributed by atoms with E-state index in [0.29, 0.717) is 12.0 Å². The predicted octanol–water partition coefficient (Wildman–Crippen LogP) is 2.63. The third kappa shape index (κ3) is 3.41. The summed E-state index contributed by atoms with van der Waals surface area (Å²) in [5, 5.41) is 3.48. The number of amides is 1. The number of likely N-dealkylation sites (tertiary alicyclic amines) is 1. The highest BCUT2D eigenvalue weighted by Gasteiger charge is 2.41. The van der Waals surface area contributed by atoms with E-state index < -0.39 is 5.60 Å². The number of nitrogens with zero attached hydrogens (tertiary/aromatic N) is 1. The normalized spacial score (nSPS) is 31.8. The number of carbonyl (C=O) groups excluding carboxylic acids is 1. The second-order valence-electron chi connectivity index (χ2n) is 6.85. The van der Waals surface area contributed by atoms with Crippen LogP contribution >= 0.6 is 0 Å². The number of hydrogen-bond acceptors (Lipinski definition) is 3. The Balaban J connectivity index is 2.06. The molecule has 0 aromatic carbocycles. The molecule has 0 spiro atoms. The number of rotatable bonds is 1. The van der Waals surface area contributed by atoms with E-state index in [9.17, 15) is 4.79 Å². The van der Waals surface area contributed by atoms with Gasteiger partial charge in [-0.1, -0.05) is 6.92 Å². The summed E-state index contributed by atoms with van der Waals surface area (Å²) in [7, 11) is 0. The smallest absolute Gasteiger partial charge is 0.410 e. The summed E-state index contributed by atoms with van der Waals surface area (Å²) in [6, 6.07) is 0.335. The summed E-state index contributed by atoms with van der Waals surface area (Å²) in [5.41, 5.74) is -0.406. The van der Waals surface area contributed by atoms with Gasteiger partial charge in [-0.05, 0) is 58.4 Å². The number of piperidine rings is 2. The molecule has 1 amide bonds. The predicted molar refractivity (Wildman–Crippen MR) is 76.1 cm³/mol. The first-order valence-electron chi connectivity index (χ1n) is 7.62. The van der Waals surface area contributed by atoms with E-state index in [1.54, 1.807) is 0 Å². The molecular formula is C15H28N2O2. The monoisotopic (exact) mass is 268 g/mol. The Kier molecular flexibility index (Phi) is 4.39. The lowest BCUT2D eigenvalue weighted by atomic mass is 9.75. The third-order valence-electron chi connectivity index (χ3n) is 4.36. The van der Waals surface area contributed by atoms with Crippen LogP contribution in [0.2, 0.25) is 0 Å². The largest absolute Gasteiger partial charge is 0.444 e. The topological polar surface area (TPSA) is 41.6 Å². The molecule has 2 aliphatic rings. The number of fused-ring (bicyclic) bond motifs is 1. The first kappa shape index (κ1) is 14.6. The molecule has 2 heterocycles. The SMILES string of the molecule is CCC1C2CNCCC2CCN1C(=O)OC(C)(C)C. The van der Waals surface area contributed by atoms with Gasteiger partial charge in [-0.25, -0.2) is 4.79 Å². The number of nitrogens with one attached hydrogen (secondary N) is 1. The molecule has 19 heavy (non-hydrogen) atoms. The Labute approximate surface area is 116 Å². The lowest BCUT2D eigenvalue weighted by Gasteiger charge is -2.47. The van der Waals surface area contributed by atoms with Crippen LogP contribution in [0, 0.1) is 11.8 Å². The van der Waals surface area contributed by atoms with Crippen LogP contribution < -0.4 is 5.32 Å². The van der Waals surface area contributed by atoms with Crippen molar-refractivity contribution in [1.29, 1.82) is 0 Å². The van der Waals surface area contributed by atoms with Crippen molar-refractivity contribution in [2.75, 3.05) is 19.6 Å². The zero-order valence-corrected chi connectivity index (χ0v) is 12.7. The van der Waals surface area contributed by atoms with Crippen LogP contribution in [0.25, 0.3) is 0 Å². The molecule has 3 atom stereocenters. The Bertz CT molecular complexity index is 325. The summed E-state index contributed by atoms with van der Waals surface area (Å²) < 4.78 is 5.56. The average Bonchev–Trinajstić information content (AvgIpc) is 2.35. The lowest BCUT2D eigenvalue weighted by molar-refractivity contribution is -0.0166. The lowest BCUT2D eigenvalue weighted by Crippen LogP contribution is -2.57. The molecule has 0 saturated carbocycles. The molecule has 2 aliphatic heterocycles. The third-order valence-corrected chi connectivity index (χ3v) is 4.36. The molecule has 2 rings (SSSR count). The molecular weight excluding hydrogens is 240 g/mol. The Hall–Kier alpha value is -0.770. The van der Waals surface area contributed by atoms with Crippen molar-refractivity contribution < 1.29 is 9.53 Å². The molecule has 1 N–H and O–H groups in total. The van der Waals surface area contributed by atoms with E-state index in [4.69, 9.17) is 4.74 Å². The molecule has 0 aliphatic carbocycles. The Morgan fingerprint density at radius 2 is 2.11 bits per heavy atom. The minimum atomic E-state index is -0.406. The van der Waals surface area contributed by atoms with Gasteiger partial charge in [-0.15, -0.1) is 0 Å². The van der Waals surface area contributed by atoms with E-state index in [2.05, 4.69) is 12.2 Å². The Morgan fingerprint density at radius 3 is 2.74 bits per heavy atom. The van der Waals surface area contributed by atoms with E-state index in [1.165, 1.54) is 6.42 Å². The van der Waals surface area contributed by atoms with Crippen LogP contribution in [-0.2, 0) is 4.74 Å². The molecule has 0 radical (unpaired) electrons. The molecule has 0 bridgehead atoms. The molecule has 4 heteroatoms. The van der Waals surface area contributed by atoms with Gasteiger partial charge < -0.3 is 15.0 Å². The van der Waals surface area contributed by atoms with Crippen molar-refractivity contribution in [1.82, 2.24) is 10.2 Å². The molecule has 0 aromatic rings. The van der Waals surface area contributed by atoms with Gasteiger partial charge >= 0.3 is 6.09 Å². The van der Waals surface area contributed by atoms with Crippen molar-refractivity contribution in [3.05, 3.63) is 0 Å². The van der Waals surface area contributed by atoms with Crippen LogP contribution in [0.3, 0.4) is 0 Å². The molecule has 3 unspecified atom stereocenters.